The highest BCUT2D eigenvalue weighted by atomic mass is 35.5. The molecule has 0 saturated carbocycles. The van der Waals surface area contributed by atoms with Gasteiger partial charge in [-0.2, -0.15) is 0 Å². The highest BCUT2D eigenvalue weighted by Crippen LogP contribution is 2.28. The van der Waals surface area contributed by atoms with Crippen LogP contribution in [-0.2, 0) is 9.53 Å². The van der Waals surface area contributed by atoms with Gasteiger partial charge in [0.2, 0.25) is 5.91 Å². The fourth-order valence-electron chi connectivity index (χ4n) is 2.23. The average Bonchev–Trinajstić information content (AvgIpc) is 2.79. The van der Waals surface area contributed by atoms with Crippen LogP contribution in [0.4, 0.5) is 5.69 Å². The van der Waals surface area contributed by atoms with Crippen LogP contribution in [0.25, 0.3) is 0 Å². The van der Waals surface area contributed by atoms with E-state index in [0.717, 1.165) is 18.7 Å². The molecule has 1 saturated heterocycles. The Balaban J connectivity index is 2.10. The Bertz CT molecular complexity index is 431. The highest BCUT2D eigenvalue weighted by Gasteiger charge is 2.41. The van der Waals surface area contributed by atoms with E-state index in [9.17, 15) is 4.79 Å². The maximum Gasteiger partial charge on any atom is 0.234 e. The number of methoxy groups -OCH3 is 1. The molecule has 2 N–H and O–H groups in total. The number of anilines is 1. The average molecular weight is 269 g/mol. The Morgan fingerprint density at radius 3 is 3.06 bits per heavy atom. The third-order valence-electron chi connectivity index (χ3n) is 3.23. The summed E-state index contributed by atoms with van der Waals surface area (Å²) in [5, 5.41) is 6.73. The zero-order valence-corrected chi connectivity index (χ0v) is 11.1. The molecule has 1 heterocycles. The molecule has 4 nitrogen and oxygen atoms in total. The van der Waals surface area contributed by atoms with E-state index in [4.69, 9.17) is 16.3 Å². The van der Waals surface area contributed by atoms with E-state index in [0.29, 0.717) is 18.2 Å². The van der Waals surface area contributed by atoms with E-state index in [2.05, 4.69) is 10.6 Å². The van der Waals surface area contributed by atoms with Gasteiger partial charge in [-0.05, 0) is 31.2 Å². The van der Waals surface area contributed by atoms with E-state index in [1.54, 1.807) is 19.2 Å². The smallest absolute Gasteiger partial charge is 0.234 e. The maximum atomic E-state index is 12.4. The predicted molar refractivity (Wildman–Crippen MR) is 71.9 cm³/mol. The van der Waals surface area contributed by atoms with Crippen LogP contribution in [0, 0.1) is 5.41 Å². The molecule has 98 valence electrons. The minimum atomic E-state index is -0.475. The number of hydrogen-bond donors (Lipinski definition) is 2. The monoisotopic (exact) mass is 268 g/mol. The molecule has 0 aromatic heterocycles. The zero-order valence-electron chi connectivity index (χ0n) is 10.3. The molecule has 1 amide bonds. The highest BCUT2D eigenvalue weighted by molar-refractivity contribution is 6.30. The Morgan fingerprint density at radius 2 is 2.44 bits per heavy atom. The number of benzene rings is 1. The van der Waals surface area contributed by atoms with E-state index < -0.39 is 5.41 Å². The number of carbonyl (C=O) groups is 1. The summed E-state index contributed by atoms with van der Waals surface area (Å²) < 4.78 is 5.18. The van der Waals surface area contributed by atoms with Crippen LogP contribution < -0.4 is 10.6 Å². The summed E-state index contributed by atoms with van der Waals surface area (Å²) in [6.07, 6.45) is 0.785. The summed E-state index contributed by atoms with van der Waals surface area (Å²) in [6.45, 7) is 1.91. The van der Waals surface area contributed by atoms with E-state index in [1.165, 1.54) is 0 Å². The van der Waals surface area contributed by atoms with Crippen LogP contribution in [-0.4, -0.2) is 32.7 Å². The first-order valence-corrected chi connectivity index (χ1v) is 6.31. The van der Waals surface area contributed by atoms with Gasteiger partial charge in [0, 0.05) is 24.4 Å². The van der Waals surface area contributed by atoms with Gasteiger partial charge in [0.1, 0.15) is 0 Å². The van der Waals surface area contributed by atoms with Gasteiger partial charge in [-0.25, -0.2) is 0 Å². The SMILES string of the molecule is COCC1(C(=O)Nc2cccc(Cl)c2)CCNC1. The van der Waals surface area contributed by atoms with Gasteiger partial charge in [0.25, 0.3) is 0 Å². The quantitative estimate of drug-likeness (QED) is 0.877. The molecule has 1 aliphatic rings. The molecule has 1 unspecified atom stereocenters. The van der Waals surface area contributed by atoms with Gasteiger partial charge in [0.15, 0.2) is 0 Å². The summed E-state index contributed by atoms with van der Waals surface area (Å²) in [4.78, 5) is 12.4. The zero-order chi connectivity index (χ0) is 13.0. The van der Waals surface area contributed by atoms with Gasteiger partial charge in [0.05, 0.1) is 12.0 Å². The number of amides is 1. The lowest BCUT2D eigenvalue weighted by atomic mass is 9.87. The van der Waals surface area contributed by atoms with Gasteiger partial charge in [-0.3, -0.25) is 4.79 Å². The number of nitrogens with one attached hydrogen (secondary N) is 2. The summed E-state index contributed by atoms with van der Waals surface area (Å²) >= 11 is 5.90. The van der Waals surface area contributed by atoms with Crippen molar-refractivity contribution in [2.24, 2.45) is 5.41 Å². The minimum Gasteiger partial charge on any atom is -0.384 e. The lowest BCUT2D eigenvalue weighted by Crippen LogP contribution is -2.41. The Labute approximate surface area is 112 Å². The molecule has 1 fully saturated rings. The number of carbonyl (C=O) groups excluding carboxylic acids is 1. The standard InChI is InChI=1S/C13H17ClN2O2/c1-18-9-13(5-6-15-8-13)12(17)16-11-4-2-3-10(14)7-11/h2-4,7,15H,5-6,8-9H2,1H3,(H,16,17). The molecule has 1 aromatic carbocycles. The van der Waals surface area contributed by atoms with Crippen molar-refractivity contribution in [1.82, 2.24) is 5.32 Å². The predicted octanol–water partition coefficient (Wildman–Crippen LogP) is 1.90. The number of hydrogen-bond acceptors (Lipinski definition) is 3. The first kappa shape index (κ1) is 13.3. The first-order valence-electron chi connectivity index (χ1n) is 5.93. The molecule has 0 spiro atoms. The summed E-state index contributed by atoms with van der Waals surface area (Å²) in [6, 6.07) is 7.15. The van der Waals surface area contributed by atoms with Crippen molar-refractivity contribution >= 4 is 23.2 Å². The second-order valence-electron chi connectivity index (χ2n) is 4.60. The lowest BCUT2D eigenvalue weighted by Gasteiger charge is -2.25. The van der Waals surface area contributed by atoms with Crippen molar-refractivity contribution in [2.75, 3.05) is 32.1 Å². The van der Waals surface area contributed by atoms with Crippen LogP contribution in [0.15, 0.2) is 24.3 Å². The number of halogens is 1. The van der Waals surface area contributed by atoms with Crippen molar-refractivity contribution in [3.63, 3.8) is 0 Å². The van der Waals surface area contributed by atoms with Crippen molar-refractivity contribution in [3.05, 3.63) is 29.3 Å². The molecule has 18 heavy (non-hydrogen) atoms. The van der Waals surface area contributed by atoms with Crippen LogP contribution in [0.1, 0.15) is 6.42 Å². The van der Waals surface area contributed by atoms with Crippen molar-refractivity contribution in [2.45, 2.75) is 6.42 Å². The largest absolute Gasteiger partial charge is 0.384 e. The Morgan fingerprint density at radius 1 is 1.61 bits per heavy atom. The summed E-state index contributed by atoms with van der Waals surface area (Å²) in [5.74, 6) is -0.0170. The van der Waals surface area contributed by atoms with Crippen molar-refractivity contribution in [3.8, 4) is 0 Å². The topological polar surface area (TPSA) is 50.4 Å². The van der Waals surface area contributed by atoms with Gasteiger partial charge < -0.3 is 15.4 Å². The number of ether oxygens (including phenoxy) is 1. The van der Waals surface area contributed by atoms with Gasteiger partial charge in [-0.15, -0.1) is 0 Å². The van der Waals surface area contributed by atoms with Crippen molar-refractivity contribution in [1.29, 1.82) is 0 Å². The fraction of sp³-hybridized carbons (Fsp3) is 0.462. The Hall–Kier alpha value is -1.10. The molecular weight excluding hydrogens is 252 g/mol. The normalized spacial score (nSPS) is 23.0. The second kappa shape index (κ2) is 5.69. The Kier molecular flexibility index (Phi) is 4.22. The fourth-order valence-corrected chi connectivity index (χ4v) is 2.42. The molecule has 0 bridgehead atoms. The lowest BCUT2D eigenvalue weighted by molar-refractivity contribution is -0.127. The molecule has 5 heteroatoms. The van der Waals surface area contributed by atoms with Gasteiger partial charge in [-0.1, -0.05) is 17.7 Å². The molecule has 1 atom stereocenters. The van der Waals surface area contributed by atoms with Crippen LogP contribution in [0.3, 0.4) is 0 Å². The van der Waals surface area contributed by atoms with E-state index in [-0.39, 0.29) is 5.91 Å². The molecule has 0 radical (unpaired) electrons. The number of rotatable bonds is 4. The maximum absolute atomic E-state index is 12.4. The van der Waals surface area contributed by atoms with E-state index >= 15 is 0 Å². The van der Waals surface area contributed by atoms with Crippen LogP contribution in [0.5, 0.6) is 0 Å². The van der Waals surface area contributed by atoms with Crippen LogP contribution >= 0.6 is 11.6 Å². The van der Waals surface area contributed by atoms with E-state index in [1.807, 2.05) is 12.1 Å². The van der Waals surface area contributed by atoms with Gasteiger partial charge >= 0.3 is 0 Å². The molecule has 1 aromatic rings. The second-order valence-corrected chi connectivity index (χ2v) is 5.04. The molecule has 2 rings (SSSR count). The van der Waals surface area contributed by atoms with Crippen molar-refractivity contribution < 1.29 is 9.53 Å². The molecule has 1 aliphatic heterocycles. The summed E-state index contributed by atoms with van der Waals surface area (Å²) in [7, 11) is 1.62. The summed E-state index contributed by atoms with van der Waals surface area (Å²) in [5.41, 5.74) is 0.242. The third kappa shape index (κ3) is 2.83. The minimum absolute atomic E-state index is 0.0170. The molecular formula is C13H17ClN2O2. The third-order valence-corrected chi connectivity index (χ3v) is 3.46. The molecule has 0 aliphatic carbocycles. The first-order chi connectivity index (χ1) is 8.66. The van der Waals surface area contributed by atoms with Crippen LogP contribution in [0.2, 0.25) is 5.02 Å².